The average Bonchev–Trinajstić information content (AvgIpc) is 2.25. The highest BCUT2D eigenvalue weighted by Crippen LogP contribution is 2.26. The number of benzene rings is 1. The van der Waals surface area contributed by atoms with Gasteiger partial charge in [0.05, 0.1) is 7.11 Å². The summed E-state index contributed by atoms with van der Waals surface area (Å²) in [6.07, 6.45) is 0. The molecule has 0 fully saturated rings. The van der Waals surface area contributed by atoms with Crippen LogP contribution in [0.3, 0.4) is 0 Å². The van der Waals surface area contributed by atoms with E-state index in [1.165, 1.54) is 0 Å². The van der Waals surface area contributed by atoms with Gasteiger partial charge < -0.3 is 15.4 Å². The molecule has 1 rings (SSSR count). The Hall–Kier alpha value is -1.71. The van der Waals surface area contributed by atoms with Crippen LogP contribution in [0.25, 0.3) is 0 Å². The van der Waals surface area contributed by atoms with E-state index in [9.17, 15) is 4.79 Å². The van der Waals surface area contributed by atoms with Gasteiger partial charge in [0.1, 0.15) is 5.75 Å². The highest BCUT2D eigenvalue weighted by molar-refractivity contribution is 5.90. The van der Waals surface area contributed by atoms with Crippen molar-refractivity contribution in [2.75, 3.05) is 19.5 Å². The van der Waals surface area contributed by atoms with Crippen LogP contribution < -0.4 is 15.4 Å². The van der Waals surface area contributed by atoms with E-state index in [1.54, 1.807) is 14.2 Å². The van der Waals surface area contributed by atoms with Gasteiger partial charge >= 0.3 is 6.03 Å². The van der Waals surface area contributed by atoms with E-state index >= 15 is 0 Å². The molecule has 0 atom stereocenters. The Balaban J connectivity index is 3.01. The Morgan fingerprint density at radius 1 is 1.27 bits per heavy atom. The van der Waals surface area contributed by atoms with Crippen molar-refractivity contribution in [3.63, 3.8) is 0 Å². The van der Waals surface area contributed by atoms with Crippen LogP contribution in [-0.4, -0.2) is 20.2 Å². The summed E-state index contributed by atoms with van der Waals surface area (Å²) in [7, 11) is 3.22. The lowest BCUT2D eigenvalue weighted by Gasteiger charge is -2.13. The minimum absolute atomic E-state index is 0.220. The normalized spacial score (nSPS) is 9.60. The fourth-order valence-electron chi connectivity index (χ4n) is 1.34. The van der Waals surface area contributed by atoms with Crippen LogP contribution in [-0.2, 0) is 0 Å². The lowest BCUT2D eigenvalue weighted by molar-refractivity contribution is 0.254. The number of carbonyl (C=O) groups is 1. The maximum absolute atomic E-state index is 11.1. The lowest BCUT2D eigenvalue weighted by atomic mass is 10.1. The number of anilines is 1. The van der Waals surface area contributed by atoms with Gasteiger partial charge in [-0.1, -0.05) is 0 Å². The molecule has 1 aromatic rings. The fourth-order valence-corrected chi connectivity index (χ4v) is 1.34. The molecular weight excluding hydrogens is 192 g/mol. The molecule has 2 amide bonds. The van der Waals surface area contributed by atoms with Gasteiger partial charge in [-0.15, -0.1) is 0 Å². The number of carbonyl (C=O) groups excluding carboxylic acids is 1. The van der Waals surface area contributed by atoms with Crippen molar-refractivity contribution in [1.82, 2.24) is 5.32 Å². The van der Waals surface area contributed by atoms with E-state index in [0.29, 0.717) is 0 Å². The van der Waals surface area contributed by atoms with Crippen molar-refractivity contribution in [3.8, 4) is 5.75 Å². The molecule has 0 saturated carbocycles. The number of hydrogen-bond donors (Lipinski definition) is 2. The fraction of sp³-hybridized carbons (Fsp3) is 0.364. The van der Waals surface area contributed by atoms with Crippen molar-refractivity contribution in [2.24, 2.45) is 0 Å². The smallest absolute Gasteiger partial charge is 0.318 e. The van der Waals surface area contributed by atoms with Crippen molar-refractivity contribution in [1.29, 1.82) is 0 Å². The molecule has 0 radical (unpaired) electrons. The topological polar surface area (TPSA) is 50.4 Å². The third-order valence-corrected chi connectivity index (χ3v) is 2.43. The third-order valence-electron chi connectivity index (χ3n) is 2.43. The molecule has 1 aromatic carbocycles. The predicted octanol–water partition coefficient (Wildman–Crippen LogP) is 2.06. The number of nitrogens with one attached hydrogen (secondary N) is 2. The molecule has 2 N–H and O–H groups in total. The van der Waals surface area contributed by atoms with Crippen LogP contribution in [0.2, 0.25) is 0 Å². The summed E-state index contributed by atoms with van der Waals surface area (Å²) >= 11 is 0. The zero-order chi connectivity index (χ0) is 11.4. The zero-order valence-electron chi connectivity index (χ0n) is 9.47. The van der Waals surface area contributed by atoms with Crippen LogP contribution in [0.1, 0.15) is 11.1 Å². The van der Waals surface area contributed by atoms with Crippen LogP contribution in [0, 0.1) is 13.8 Å². The SMILES string of the molecule is CNC(=O)Nc1ccc(OC)c(C)c1C. The van der Waals surface area contributed by atoms with E-state index in [-0.39, 0.29) is 6.03 Å². The number of amides is 2. The third kappa shape index (κ3) is 2.40. The first-order valence-corrected chi connectivity index (χ1v) is 4.73. The number of urea groups is 1. The van der Waals surface area contributed by atoms with Gasteiger partial charge in [-0.2, -0.15) is 0 Å². The second kappa shape index (κ2) is 4.68. The largest absolute Gasteiger partial charge is 0.496 e. The zero-order valence-corrected chi connectivity index (χ0v) is 9.47. The average molecular weight is 208 g/mol. The van der Waals surface area contributed by atoms with Crippen LogP contribution in [0.4, 0.5) is 10.5 Å². The lowest BCUT2D eigenvalue weighted by Crippen LogP contribution is -2.24. The Labute approximate surface area is 89.6 Å². The van der Waals surface area contributed by atoms with Gasteiger partial charge in [-0.3, -0.25) is 0 Å². The Bertz CT molecular complexity index is 375. The first-order chi connectivity index (χ1) is 7.10. The quantitative estimate of drug-likeness (QED) is 0.781. The molecule has 0 saturated heterocycles. The summed E-state index contributed by atoms with van der Waals surface area (Å²) in [6, 6.07) is 3.45. The summed E-state index contributed by atoms with van der Waals surface area (Å²) in [5, 5.41) is 5.25. The number of ether oxygens (including phenoxy) is 1. The van der Waals surface area contributed by atoms with E-state index in [4.69, 9.17) is 4.74 Å². The van der Waals surface area contributed by atoms with E-state index in [0.717, 1.165) is 22.6 Å². The summed E-state index contributed by atoms with van der Waals surface area (Å²) in [4.78, 5) is 11.1. The molecule has 15 heavy (non-hydrogen) atoms. The molecule has 0 heterocycles. The predicted molar refractivity (Wildman–Crippen MR) is 60.5 cm³/mol. The van der Waals surface area contributed by atoms with Crippen molar-refractivity contribution >= 4 is 11.7 Å². The molecule has 82 valence electrons. The van der Waals surface area contributed by atoms with Gasteiger partial charge in [-0.25, -0.2) is 4.79 Å². The van der Waals surface area contributed by atoms with Crippen molar-refractivity contribution in [2.45, 2.75) is 13.8 Å². The molecule has 0 aliphatic heterocycles. The minimum Gasteiger partial charge on any atom is -0.496 e. The molecule has 0 unspecified atom stereocenters. The van der Waals surface area contributed by atoms with Gasteiger partial charge in [0, 0.05) is 12.7 Å². The Morgan fingerprint density at radius 2 is 1.93 bits per heavy atom. The van der Waals surface area contributed by atoms with Gasteiger partial charge in [-0.05, 0) is 37.1 Å². The molecule has 4 heteroatoms. The molecule has 0 aliphatic rings. The highest BCUT2D eigenvalue weighted by atomic mass is 16.5. The molecule has 0 bridgehead atoms. The first kappa shape index (κ1) is 11.4. The van der Waals surface area contributed by atoms with Gasteiger partial charge in [0.2, 0.25) is 0 Å². The first-order valence-electron chi connectivity index (χ1n) is 4.73. The van der Waals surface area contributed by atoms with Crippen LogP contribution in [0.15, 0.2) is 12.1 Å². The van der Waals surface area contributed by atoms with Crippen LogP contribution >= 0.6 is 0 Å². The van der Waals surface area contributed by atoms with E-state index in [2.05, 4.69) is 10.6 Å². The number of methoxy groups -OCH3 is 1. The second-order valence-corrected chi connectivity index (χ2v) is 3.27. The highest BCUT2D eigenvalue weighted by Gasteiger charge is 2.07. The maximum atomic E-state index is 11.1. The standard InChI is InChI=1S/C11H16N2O2/c1-7-8(2)10(15-4)6-5-9(7)13-11(14)12-3/h5-6H,1-4H3,(H2,12,13,14). The maximum Gasteiger partial charge on any atom is 0.318 e. The molecular formula is C11H16N2O2. The monoisotopic (exact) mass is 208 g/mol. The van der Waals surface area contributed by atoms with Crippen LogP contribution in [0.5, 0.6) is 5.75 Å². The van der Waals surface area contributed by atoms with Gasteiger partial charge in [0.15, 0.2) is 0 Å². The molecule has 0 spiro atoms. The summed E-state index contributed by atoms with van der Waals surface area (Å²) in [6.45, 7) is 3.91. The second-order valence-electron chi connectivity index (χ2n) is 3.27. The molecule has 4 nitrogen and oxygen atoms in total. The Kier molecular flexibility index (Phi) is 3.55. The number of rotatable bonds is 2. The molecule has 0 aromatic heterocycles. The summed E-state index contributed by atoms with van der Waals surface area (Å²) in [5.74, 6) is 0.829. The summed E-state index contributed by atoms with van der Waals surface area (Å²) in [5.41, 5.74) is 2.84. The van der Waals surface area contributed by atoms with E-state index in [1.807, 2.05) is 26.0 Å². The van der Waals surface area contributed by atoms with Crippen molar-refractivity contribution < 1.29 is 9.53 Å². The van der Waals surface area contributed by atoms with Crippen molar-refractivity contribution in [3.05, 3.63) is 23.3 Å². The number of hydrogen-bond acceptors (Lipinski definition) is 2. The van der Waals surface area contributed by atoms with E-state index < -0.39 is 0 Å². The Morgan fingerprint density at radius 3 is 2.47 bits per heavy atom. The minimum atomic E-state index is -0.220. The summed E-state index contributed by atoms with van der Waals surface area (Å²) < 4.78 is 5.18. The van der Waals surface area contributed by atoms with Gasteiger partial charge in [0.25, 0.3) is 0 Å². The molecule has 0 aliphatic carbocycles.